The van der Waals surface area contributed by atoms with Gasteiger partial charge in [-0.05, 0) is 31.1 Å². The van der Waals surface area contributed by atoms with Crippen molar-refractivity contribution in [2.24, 2.45) is 17.6 Å². The molecule has 0 aliphatic heterocycles. The van der Waals surface area contributed by atoms with Gasteiger partial charge in [0, 0.05) is 11.0 Å². The smallest absolute Gasteiger partial charge is 0.321 e. The first kappa shape index (κ1) is 12.8. The Morgan fingerprint density at radius 1 is 1.47 bits per heavy atom. The molecule has 0 bridgehead atoms. The summed E-state index contributed by atoms with van der Waals surface area (Å²) in [5.74, 6) is 1.23. The Balaban J connectivity index is 2.25. The quantitative estimate of drug-likeness (QED) is 0.776. The maximum absolute atomic E-state index is 10.6. The Bertz CT molecular complexity index is 223. The molecule has 0 radical (unpaired) electrons. The molecule has 1 aliphatic carbocycles. The zero-order valence-electron chi connectivity index (χ0n) is 9.48. The number of hydrogen-bond acceptors (Lipinski definition) is 3. The molecule has 88 valence electrons. The fourth-order valence-corrected chi connectivity index (χ4v) is 3.33. The summed E-state index contributed by atoms with van der Waals surface area (Å²) in [7, 11) is 0. The Morgan fingerprint density at radius 2 is 2.13 bits per heavy atom. The normalized spacial score (nSPS) is 33.7. The molecule has 4 atom stereocenters. The summed E-state index contributed by atoms with van der Waals surface area (Å²) >= 11 is 1.73. The second-order valence-electron chi connectivity index (χ2n) is 4.67. The van der Waals surface area contributed by atoms with Gasteiger partial charge in [0.05, 0.1) is 0 Å². The van der Waals surface area contributed by atoms with Crippen LogP contribution in [0.1, 0.15) is 33.1 Å². The van der Waals surface area contributed by atoms with E-state index in [9.17, 15) is 4.79 Å². The van der Waals surface area contributed by atoms with E-state index in [1.165, 1.54) is 19.3 Å². The van der Waals surface area contributed by atoms with Crippen LogP contribution in [0.15, 0.2) is 0 Å². The van der Waals surface area contributed by atoms with Gasteiger partial charge in [-0.1, -0.05) is 13.8 Å². The number of aliphatic carboxylic acids is 1. The molecule has 0 heterocycles. The van der Waals surface area contributed by atoms with E-state index in [0.717, 1.165) is 11.8 Å². The van der Waals surface area contributed by atoms with Crippen molar-refractivity contribution < 1.29 is 9.90 Å². The first-order chi connectivity index (χ1) is 7.00. The van der Waals surface area contributed by atoms with Gasteiger partial charge in [0.1, 0.15) is 6.04 Å². The first-order valence-electron chi connectivity index (χ1n) is 5.60. The van der Waals surface area contributed by atoms with E-state index in [-0.39, 0.29) is 0 Å². The summed E-state index contributed by atoms with van der Waals surface area (Å²) in [5, 5.41) is 9.28. The minimum absolute atomic E-state index is 0.543. The van der Waals surface area contributed by atoms with Crippen LogP contribution < -0.4 is 5.73 Å². The topological polar surface area (TPSA) is 63.3 Å². The number of thioether (sulfide) groups is 1. The highest BCUT2D eigenvalue weighted by atomic mass is 32.2. The van der Waals surface area contributed by atoms with Crippen LogP contribution in [-0.4, -0.2) is 28.1 Å². The van der Waals surface area contributed by atoms with Gasteiger partial charge in [0.2, 0.25) is 0 Å². The van der Waals surface area contributed by atoms with Crippen molar-refractivity contribution in [2.45, 2.75) is 44.4 Å². The molecule has 0 aromatic heterocycles. The highest BCUT2D eigenvalue weighted by molar-refractivity contribution is 7.99. The predicted octanol–water partition coefficient (Wildman–Crippen LogP) is 1.96. The van der Waals surface area contributed by atoms with Gasteiger partial charge in [-0.25, -0.2) is 0 Å². The number of carboxylic acids is 1. The standard InChI is InChI=1S/C11H21NO2S/c1-7-3-4-9(5-8(7)2)15-6-10(12)11(13)14/h7-10H,3-6,12H2,1-2H3,(H,13,14)/t7?,8?,9?,10-/m1/s1. The second-order valence-corrected chi connectivity index (χ2v) is 6.00. The van der Waals surface area contributed by atoms with Crippen LogP contribution in [0, 0.1) is 11.8 Å². The molecule has 3 unspecified atom stereocenters. The summed E-state index contributed by atoms with van der Waals surface area (Å²) in [6.07, 6.45) is 3.68. The predicted molar refractivity (Wildman–Crippen MR) is 64.0 cm³/mol. The Labute approximate surface area is 95.8 Å². The van der Waals surface area contributed by atoms with Crippen LogP contribution in [-0.2, 0) is 4.79 Å². The van der Waals surface area contributed by atoms with E-state index in [4.69, 9.17) is 10.8 Å². The largest absolute Gasteiger partial charge is 0.480 e. The maximum Gasteiger partial charge on any atom is 0.321 e. The summed E-state index contributed by atoms with van der Waals surface area (Å²) in [6.45, 7) is 4.59. The van der Waals surface area contributed by atoms with Crippen molar-refractivity contribution in [1.82, 2.24) is 0 Å². The molecule has 1 fully saturated rings. The highest BCUT2D eigenvalue weighted by Gasteiger charge is 2.25. The average Bonchev–Trinajstić information content (AvgIpc) is 2.19. The van der Waals surface area contributed by atoms with Crippen molar-refractivity contribution in [3.8, 4) is 0 Å². The lowest BCUT2D eigenvalue weighted by molar-refractivity contribution is -0.137. The number of hydrogen-bond donors (Lipinski definition) is 2. The van der Waals surface area contributed by atoms with Gasteiger partial charge >= 0.3 is 5.97 Å². The van der Waals surface area contributed by atoms with Crippen molar-refractivity contribution in [2.75, 3.05) is 5.75 Å². The van der Waals surface area contributed by atoms with E-state index in [2.05, 4.69) is 13.8 Å². The fraction of sp³-hybridized carbons (Fsp3) is 0.909. The molecule has 3 nitrogen and oxygen atoms in total. The van der Waals surface area contributed by atoms with Crippen molar-refractivity contribution in [1.29, 1.82) is 0 Å². The minimum atomic E-state index is -0.889. The number of carboxylic acid groups (broad SMARTS) is 1. The Hall–Kier alpha value is -0.220. The molecular weight excluding hydrogens is 210 g/mol. The van der Waals surface area contributed by atoms with E-state index in [1.54, 1.807) is 11.8 Å². The zero-order valence-corrected chi connectivity index (χ0v) is 10.3. The molecular formula is C11H21NO2S. The summed E-state index contributed by atoms with van der Waals surface area (Å²) in [4.78, 5) is 10.6. The summed E-state index contributed by atoms with van der Waals surface area (Å²) in [6, 6.07) is -0.704. The lowest BCUT2D eigenvalue weighted by Gasteiger charge is -2.31. The Kier molecular flexibility index (Phi) is 4.93. The SMILES string of the molecule is CC1CCC(SC[C@@H](N)C(=O)O)CC1C. The third-order valence-electron chi connectivity index (χ3n) is 3.38. The molecule has 0 amide bonds. The monoisotopic (exact) mass is 231 g/mol. The molecule has 0 aromatic rings. The van der Waals surface area contributed by atoms with Gasteiger partial charge in [-0.15, -0.1) is 0 Å². The van der Waals surface area contributed by atoms with Crippen molar-refractivity contribution >= 4 is 17.7 Å². The minimum Gasteiger partial charge on any atom is -0.480 e. The lowest BCUT2D eigenvalue weighted by atomic mass is 9.81. The van der Waals surface area contributed by atoms with E-state index >= 15 is 0 Å². The van der Waals surface area contributed by atoms with Crippen molar-refractivity contribution in [3.63, 3.8) is 0 Å². The van der Waals surface area contributed by atoms with Crippen LogP contribution in [0.25, 0.3) is 0 Å². The number of rotatable bonds is 4. The highest BCUT2D eigenvalue weighted by Crippen LogP contribution is 2.35. The first-order valence-corrected chi connectivity index (χ1v) is 6.65. The van der Waals surface area contributed by atoms with E-state index < -0.39 is 12.0 Å². The van der Waals surface area contributed by atoms with E-state index in [1.807, 2.05) is 0 Å². The van der Waals surface area contributed by atoms with Gasteiger partial charge in [-0.3, -0.25) is 4.79 Å². The summed E-state index contributed by atoms with van der Waals surface area (Å²) in [5.41, 5.74) is 5.48. The molecule has 3 N–H and O–H groups in total. The molecule has 0 aromatic carbocycles. The van der Waals surface area contributed by atoms with Crippen LogP contribution in [0.3, 0.4) is 0 Å². The van der Waals surface area contributed by atoms with Crippen LogP contribution in [0.2, 0.25) is 0 Å². The summed E-state index contributed by atoms with van der Waals surface area (Å²) < 4.78 is 0. The molecule has 0 saturated heterocycles. The molecule has 1 aliphatic rings. The van der Waals surface area contributed by atoms with Crippen LogP contribution in [0.4, 0.5) is 0 Å². The molecule has 0 spiro atoms. The van der Waals surface area contributed by atoms with E-state index in [0.29, 0.717) is 11.0 Å². The van der Waals surface area contributed by atoms with Gasteiger partial charge in [0.25, 0.3) is 0 Å². The third kappa shape index (κ3) is 4.03. The molecule has 1 rings (SSSR count). The molecule has 4 heteroatoms. The second kappa shape index (κ2) is 5.75. The maximum atomic E-state index is 10.6. The molecule has 1 saturated carbocycles. The zero-order chi connectivity index (χ0) is 11.4. The number of carbonyl (C=O) groups is 1. The Morgan fingerprint density at radius 3 is 2.67 bits per heavy atom. The van der Waals surface area contributed by atoms with Crippen molar-refractivity contribution in [3.05, 3.63) is 0 Å². The van der Waals surface area contributed by atoms with Gasteiger partial charge in [-0.2, -0.15) is 11.8 Å². The van der Waals surface area contributed by atoms with Crippen LogP contribution in [0.5, 0.6) is 0 Å². The third-order valence-corrected chi connectivity index (χ3v) is 4.83. The number of nitrogens with two attached hydrogens (primary N) is 1. The lowest BCUT2D eigenvalue weighted by Crippen LogP contribution is -2.34. The van der Waals surface area contributed by atoms with Crippen LogP contribution >= 0.6 is 11.8 Å². The average molecular weight is 231 g/mol. The van der Waals surface area contributed by atoms with Gasteiger partial charge < -0.3 is 10.8 Å². The van der Waals surface area contributed by atoms with Gasteiger partial charge in [0.15, 0.2) is 0 Å². The molecule has 15 heavy (non-hydrogen) atoms. The fourth-order valence-electron chi connectivity index (χ4n) is 1.96.